The van der Waals surface area contributed by atoms with Crippen LogP contribution < -0.4 is 5.32 Å². The number of alkyl halides is 1. The lowest BCUT2D eigenvalue weighted by molar-refractivity contribution is 0.143. The molecule has 1 fully saturated rings. The number of terminal acetylenes is 1. The summed E-state index contributed by atoms with van der Waals surface area (Å²) in [6, 6.07) is 0. The third kappa shape index (κ3) is 1.94. The van der Waals surface area contributed by atoms with E-state index in [0.29, 0.717) is 0 Å². The molecule has 0 aromatic heterocycles. The molecule has 11 heavy (non-hydrogen) atoms. The molecule has 1 aliphatic heterocycles. The average Bonchev–Trinajstić information content (AvgIpc) is 2.06. The molecule has 1 N–H and O–H groups in total. The molecule has 1 heterocycles. The molecule has 2 heteroatoms. The number of rotatable bonds is 1. The summed E-state index contributed by atoms with van der Waals surface area (Å²) in [5.74, 6) is 2.21. The van der Waals surface area contributed by atoms with Crippen molar-refractivity contribution in [3.63, 3.8) is 0 Å². The third-order valence-corrected chi connectivity index (χ3v) is 2.35. The van der Waals surface area contributed by atoms with E-state index < -0.39 is 5.67 Å². The smallest absolute Gasteiger partial charge is 0.171 e. The molecule has 0 radical (unpaired) electrons. The number of halogens is 1. The lowest BCUT2D eigenvalue weighted by Gasteiger charge is -2.29. The van der Waals surface area contributed by atoms with Crippen molar-refractivity contribution in [3.05, 3.63) is 0 Å². The highest BCUT2D eigenvalue weighted by Gasteiger charge is 2.32. The molecular weight excluding hydrogens is 141 g/mol. The van der Waals surface area contributed by atoms with E-state index in [1.807, 2.05) is 0 Å². The van der Waals surface area contributed by atoms with Crippen LogP contribution in [0.3, 0.4) is 0 Å². The molecule has 1 aliphatic rings. The Hall–Kier alpha value is -0.550. The molecule has 62 valence electrons. The Bertz CT molecular complexity index is 163. The molecule has 0 aromatic carbocycles. The molecule has 0 saturated carbocycles. The van der Waals surface area contributed by atoms with Gasteiger partial charge in [-0.25, -0.2) is 4.39 Å². The van der Waals surface area contributed by atoms with E-state index in [-0.39, 0.29) is 5.92 Å². The Balaban J connectivity index is 2.52. The fourth-order valence-corrected chi connectivity index (χ4v) is 1.43. The summed E-state index contributed by atoms with van der Waals surface area (Å²) < 4.78 is 13.4. The largest absolute Gasteiger partial charge is 0.316 e. The molecule has 1 saturated heterocycles. The minimum absolute atomic E-state index is 0.00116. The second-order valence-corrected chi connectivity index (χ2v) is 3.26. The van der Waals surface area contributed by atoms with Crippen molar-refractivity contribution >= 4 is 0 Å². The van der Waals surface area contributed by atoms with Crippen LogP contribution in [-0.4, -0.2) is 18.8 Å². The predicted molar refractivity (Wildman–Crippen MR) is 43.9 cm³/mol. The Morgan fingerprint density at radius 3 is 2.91 bits per heavy atom. The Kier molecular flexibility index (Phi) is 2.51. The van der Waals surface area contributed by atoms with Gasteiger partial charge in [-0.1, -0.05) is 5.92 Å². The van der Waals surface area contributed by atoms with Gasteiger partial charge >= 0.3 is 0 Å². The summed E-state index contributed by atoms with van der Waals surface area (Å²) in [6.45, 7) is 3.21. The van der Waals surface area contributed by atoms with Gasteiger partial charge in [-0.15, -0.1) is 6.42 Å². The van der Waals surface area contributed by atoms with Crippen molar-refractivity contribution in [2.75, 3.05) is 13.1 Å². The number of piperidine rings is 1. The first-order valence-electron chi connectivity index (χ1n) is 4.04. The summed E-state index contributed by atoms with van der Waals surface area (Å²) in [4.78, 5) is 0. The van der Waals surface area contributed by atoms with Gasteiger partial charge in [-0.2, -0.15) is 0 Å². The van der Waals surface area contributed by atoms with Crippen LogP contribution in [0, 0.1) is 18.3 Å². The number of hydrogen-bond donors (Lipinski definition) is 1. The van der Waals surface area contributed by atoms with Crippen LogP contribution in [0.4, 0.5) is 4.39 Å². The van der Waals surface area contributed by atoms with Crippen LogP contribution in [0.15, 0.2) is 0 Å². The molecule has 1 rings (SSSR count). The molecule has 0 bridgehead atoms. The predicted octanol–water partition coefficient (Wildman–Crippen LogP) is 1.35. The van der Waals surface area contributed by atoms with E-state index in [2.05, 4.69) is 11.2 Å². The van der Waals surface area contributed by atoms with Crippen LogP contribution in [0.25, 0.3) is 0 Å². The second-order valence-electron chi connectivity index (χ2n) is 3.26. The maximum atomic E-state index is 13.4. The van der Waals surface area contributed by atoms with Gasteiger partial charge in [0.05, 0.1) is 0 Å². The van der Waals surface area contributed by atoms with Gasteiger partial charge in [-0.05, 0) is 26.3 Å². The number of nitrogens with one attached hydrogen (secondary N) is 1. The number of hydrogen-bond acceptors (Lipinski definition) is 1. The first-order chi connectivity index (χ1) is 5.17. The van der Waals surface area contributed by atoms with Crippen molar-refractivity contribution in [2.45, 2.75) is 25.4 Å². The Morgan fingerprint density at radius 1 is 1.73 bits per heavy atom. The van der Waals surface area contributed by atoms with Gasteiger partial charge in [0.1, 0.15) is 0 Å². The monoisotopic (exact) mass is 155 g/mol. The Morgan fingerprint density at radius 2 is 2.45 bits per heavy atom. The topological polar surface area (TPSA) is 12.0 Å². The third-order valence-electron chi connectivity index (χ3n) is 2.35. The van der Waals surface area contributed by atoms with Gasteiger partial charge in [-0.3, -0.25) is 0 Å². The van der Waals surface area contributed by atoms with Crippen LogP contribution in [0.5, 0.6) is 0 Å². The molecule has 1 nitrogen and oxygen atoms in total. The zero-order chi connectivity index (χ0) is 8.32. The van der Waals surface area contributed by atoms with Crippen molar-refractivity contribution < 1.29 is 4.39 Å². The fraction of sp³-hybridized carbons (Fsp3) is 0.778. The van der Waals surface area contributed by atoms with E-state index in [4.69, 9.17) is 6.42 Å². The van der Waals surface area contributed by atoms with Crippen LogP contribution in [0.1, 0.15) is 19.8 Å². The van der Waals surface area contributed by atoms with Crippen molar-refractivity contribution in [3.8, 4) is 12.3 Å². The average molecular weight is 155 g/mol. The van der Waals surface area contributed by atoms with Crippen molar-refractivity contribution in [1.82, 2.24) is 5.32 Å². The van der Waals surface area contributed by atoms with E-state index in [9.17, 15) is 4.39 Å². The van der Waals surface area contributed by atoms with Crippen LogP contribution in [0.2, 0.25) is 0 Å². The summed E-state index contributed by atoms with van der Waals surface area (Å²) >= 11 is 0. The summed E-state index contributed by atoms with van der Waals surface area (Å²) in [5, 5.41) is 3.14. The molecule has 2 atom stereocenters. The highest BCUT2D eigenvalue weighted by molar-refractivity contribution is 5.09. The lowest BCUT2D eigenvalue weighted by Crippen LogP contribution is -2.40. The summed E-state index contributed by atoms with van der Waals surface area (Å²) in [6.07, 6.45) is 7.02. The van der Waals surface area contributed by atoms with Crippen molar-refractivity contribution in [2.24, 2.45) is 5.92 Å². The molecule has 0 amide bonds. The fourth-order valence-electron chi connectivity index (χ4n) is 1.43. The molecule has 0 aliphatic carbocycles. The van der Waals surface area contributed by atoms with Gasteiger partial charge in [0.15, 0.2) is 5.67 Å². The first-order valence-corrected chi connectivity index (χ1v) is 4.04. The van der Waals surface area contributed by atoms with Gasteiger partial charge in [0, 0.05) is 12.5 Å². The molecular formula is C9H14FN. The minimum atomic E-state index is -1.42. The SMILES string of the molecule is C#CC(C)(F)C1CCCNC1. The van der Waals surface area contributed by atoms with Gasteiger partial charge < -0.3 is 5.32 Å². The van der Waals surface area contributed by atoms with Crippen LogP contribution >= 0.6 is 0 Å². The Labute approximate surface area is 67.4 Å². The summed E-state index contributed by atoms with van der Waals surface area (Å²) in [5.41, 5.74) is -1.42. The molecule has 0 aromatic rings. The van der Waals surface area contributed by atoms with Gasteiger partial charge in [0.2, 0.25) is 0 Å². The second kappa shape index (κ2) is 3.23. The minimum Gasteiger partial charge on any atom is -0.316 e. The van der Waals surface area contributed by atoms with E-state index in [0.717, 1.165) is 25.9 Å². The zero-order valence-electron chi connectivity index (χ0n) is 6.86. The molecule has 2 unspecified atom stereocenters. The zero-order valence-corrected chi connectivity index (χ0v) is 6.86. The summed E-state index contributed by atoms with van der Waals surface area (Å²) in [7, 11) is 0. The highest BCUT2D eigenvalue weighted by atomic mass is 19.1. The highest BCUT2D eigenvalue weighted by Crippen LogP contribution is 2.26. The van der Waals surface area contributed by atoms with Crippen LogP contribution in [-0.2, 0) is 0 Å². The van der Waals surface area contributed by atoms with Crippen molar-refractivity contribution in [1.29, 1.82) is 0 Å². The normalized spacial score (nSPS) is 30.5. The first kappa shape index (κ1) is 8.55. The van der Waals surface area contributed by atoms with E-state index in [1.165, 1.54) is 6.92 Å². The van der Waals surface area contributed by atoms with E-state index in [1.54, 1.807) is 0 Å². The maximum Gasteiger partial charge on any atom is 0.171 e. The maximum absolute atomic E-state index is 13.4. The quantitative estimate of drug-likeness (QED) is 0.563. The lowest BCUT2D eigenvalue weighted by atomic mass is 9.86. The van der Waals surface area contributed by atoms with E-state index >= 15 is 0 Å². The molecule has 0 spiro atoms. The van der Waals surface area contributed by atoms with Gasteiger partial charge in [0.25, 0.3) is 0 Å². The standard InChI is InChI=1S/C9H14FN/c1-3-9(2,10)8-5-4-6-11-7-8/h1,8,11H,4-7H2,2H3.